The van der Waals surface area contributed by atoms with E-state index in [-0.39, 0.29) is 5.91 Å². The first-order valence-corrected chi connectivity index (χ1v) is 7.57. The van der Waals surface area contributed by atoms with E-state index in [1.165, 1.54) is 0 Å². The van der Waals surface area contributed by atoms with Crippen molar-refractivity contribution in [2.45, 2.75) is 12.8 Å². The second-order valence-corrected chi connectivity index (χ2v) is 5.73. The molecule has 2 N–H and O–H groups in total. The number of anilines is 1. The predicted octanol–water partition coefficient (Wildman–Crippen LogP) is 3.45. The summed E-state index contributed by atoms with van der Waals surface area (Å²) in [6.07, 6.45) is 0.939. The van der Waals surface area contributed by atoms with Gasteiger partial charge in [-0.25, -0.2) is 4.79 Å². The maximum Gasteiger partial charge on any atom is 0.417 e. The number of aromatic amines is 1. The van der Waals surface area contributed by atoms with E-state index < -0.39 is 5.76 Å². The van der Waals surface area contributed by atoms with Crippen LogP contribution in [0, 0.1) is 0 Å². The van der Waals surface area contributed by atoms with E-state index >= 15 is 0 Å². The number of para-hydroxylation sites is 1. The molecular formula is C16H13BrN2O3. The average Bonchev–Trinajstić information content (AvgIpc) is 2.87. The summed E-state index contributed by atoms with van der Waals surface area (Å²) in [7, 11) is 0. The molecule has 0 bridgehead atoms. The van der Waals surface area contributed by atoms with Crippen LogP contribution in [0.4, 0.5) is 5.69 Å². The van der Waals surface area contributed by atoms with Crippen molar-refractivity contribution in [1.29, 1.82) is 0 Å². The number of amides is 1. The summed E-state index contributed by atoms with van der Waals surface area (Å²) in [5, 5.41) is 2.86. The molecule has 6 heteroatoms. The first-order valence-electron chi connectivity index (χ1n) is 6.78. The maximum absolute atomic E-state index is 12.0. The highest BCUT2D eigenvalue weighted by Gasteiger charge is 2.07. The molecule has 1 aromatic heterocycles. The van der Waals surface area contributed by atoms with Crippen LogP contribution < -0.4 is 11.1 Å². The number of halogens is 1. The minimum Gasteiger partial charge on any atom is -0.408 e. The highest BCUT2D eigenvalue weighted by Crippen LogP contribution is 2.21. The summed E-state index contributed by atoms with van der Waals surface area (Å²) < 4.78 is 5.79. The third kappa shape index (κ3) is 3.28. The Morgan fingerprint density at radius 1 is 1.23 bits per heavy atom. The minimum absolute atomic E-state index is 0.0623. The third-order valence-corrected chi connectivity index (χ3v) is 3.96. The number of rotatable bonds is 4. The van der Waals surface area contributed by atoms with Gasteiger partial charge < -0.3 is 9.73 Å². The number of nitrogens with one attached hydrogen (secondary N) is 2. The summed E-state index contributed by atoms with van der Waals surface area (Å²) in [6, 6.07) is 12.9. The van der Waals surface area contributed by atoms with E-state index in [1.54, 1.807) is 6.07 Å². The second kappa shape index (κ2) is 6.19. The number of hydrogen-bond donors (Lipinski definition) is 2. The van der Waals surface area contributed by atoms with E-state index in [0.29, 0.717) is 23.9 Å². The lowest BCUT2D eigenvalue weighted by molar-refractivity contribution is -0.116. The van der Waals surface area contributed by atoms with Crippen LogP contribution in [0.5, 0.6) is 0 Å². The van der Waals surface area contributed by atoms with Crippen molar-refractivity contribution in [3.05, 3.63) is 63.1 Å². The van der Waals surface area contributed by atoms with Crippen LogP contribution in [0.15, 0.2) is 56.1 Å². The zero-order valence-corrected chi connectivity index (χ0v) is 13.1. The van der Waals surface area contributed by atoms with Gasteiger partial charge in [-0.05, 0) is 52.2 Å². The SMILES string of the molecule is O=C(CCc1ccc2oc(=O)[nH]c2c1)Nc1ccccc1Br. The Morgan fingerprint density at radius 3 is 2.86 bits per heavy atom. The van der Waals surface area contributed by atoms with Crippen LogP contribution in [-0.2, 0) is 11.2 Å². The Labute approximate surface area is 134 Å². The molecule has 3 rings (SSSR count). The zero-order chi connectivity index (χ0) is 15.5. The van der Waals surface area contributed by atoms with E-state index in [1.807, 2.05) is 36.4 Å². The van der Waals surface area contributed by atoms with Crippen molar-refractivity contribution in [3.8, 4) is 0 Å². The fraction of sp³-hybridized carbons (Fsp3) is 0.125. The largest absolute Gasteiger partial charge is 0.417 e. The van der Waals surface area contributed by atoms with Gasteiger partial charge in [-0.2, -0.15) is 0 Å². The number of carbonyl (C=O) groups excluding carboxylic acids is 1. The number of hydrogen-bond acceptors (Lipinski definition) is 3. The lowest BCUT2D eigenvalue weighted by Crippen LogP contribution is -2.12. The van der Waals surface area contributed by atoms with Gasteiger partial charge in [0.15, 0.2) is 5.58 Å². The number of benzene rings is 2. The summed E-state index contributed by atoms with van der Waals surface area (Å²) >= 11 is 3.39. The molecule has 0 aliphatic rings. The van der Waals surface area contributed by atoms with E-state index in [2.05, 4.69) is 26.2 Å². The van der Waals surface area contributed by atoms with Crippen LogP contribution in [-0.4, -0.2) is 10.9 Å². The maximum atomic E-state index is 12.0. The van der Waals surface area contributed by atoms with Crippen LogP contribution in [0.3, 0.4) is 0 Å². The van der Waals surface area contributed by atoms with Gasteiger partial charge in [0.05, 0.1) is 11.2 Å². The molecule has 5 nitrogen and oxygen atoms in total. The number of carbonyl (C=O) groups is 1. The number of H-pyrrole nitrogens is 1. The summed E-state index contributed by atoms with van der Waals surface area (Å²) in [4.78, 5) is 25.7. The number of aromatic nitrogens is 1. The van der Waals surface area contributed by atoms with Crippen molar-refractivity contribution in [1.82, 2.24) is 4.98 Å². The number of aryl methyl sites for hydroxylation is 1. The van der Waals surface area contributed by atoms with Gasteiger partial charge in [-0.15, -0.1) is 0 Å². The first kappa shape index (κ1) is 14.6. The van der Waals surface area contributed by atoms with Gasteiger partial charge in [0, 0.05) is 10.9 Å². The van der Waals surface area contributed by atoms with Gasteiger partial charge in [0.1, 0.15) is 0 Å². The lowest BCUT2D eigenvalue weighted by Gasteiger charge is -2.07. The standard InChI is InChI=1S/C16H13BrN2O3/c17-11-3-1-2-4-12(11)18-15(20)8-6-10-5-7-14-13(9-10)19-16(21)22-14/h1-5,7,9H,6,8H2,(H,18,20)(H,19,21). The minimum atomic E-state index is -0.473. The Bertz CT molecular complexity index is 882. The molecule has 0 spiro atoms. The molecular weight excluding hydrogens is 348 g/mol. The topological polar surface area (TPSA) is 75.1 Å². The molecule has 0 aliphatic carbocycles. The highest BCUT2D eigenvalue weighted by molar-refractivity contribution is 9.10. The average molecular weight is 361 g/mol. The fourth-order valence-electron chi connectivity index (χ4n) is 2.19. The smallest absolute Gasteiger partial charge is 0.408 e. The van der Waals surface area contributed by atoms with Crippen LogP contribution >= 0.6 is 15.9 Å². The number of fused-ring (bicyclic) bond motifs is 1. The van der Waals surface area contributed by atoms with Crippen molar-refractivity contribution in [2.24, 2.45) is 0 Å². The van der Waals surface area contributed by atoms with Gasteiger partial charge in [-0.3, -0.25) is 9.78 Å². The molecule has 1 heterocycles. The molecule has 0 saturated carbocycles. The molecule has 0 aliphatic heterocycles. The van der Waals surface area contributed by atoms with Gasteiger partial charge in [0.2, 0.25) is 5.91 Å². The molecule has 112 valence electrons. The van der Waals surface area contributed by atoms with E-state index in [4.69, 9.17) is 4.42 Å². The van der Waals surface area contributed by atoms with Crippen molar-refractivity contribution >= 4 is 38.6 Å². The quantitative estimate of drug-likeness (QED) is 0.747. The highest BCUT2D eigenvalue weighted by atomic mass is 79.9. The Kier molecular flexibility index (Phi) is 4.11. The molecule has 1 amide bonds. The predicted molar refractivity (Wildman–Crippen MR) is 87.9 cm³/mol. The van der Waals surface area contributed by atoms with Crippen molar-refractivity contribution in [2.75, 3.05) is 5.32 Å². The van der Waals surface area contributed by atoms with E-state index in [9.17, 15) is 9.59 Å². The summed E-state index contributed by atoms with van der Waals surface area (Å²) in [6.45, 7) is 0. The van der Waals surface area contributed by atoms with Crippen LogP contribution in [0.1, 0.15) is 12.0 Å². The van der Waals surface area contributed by atoms with Crippen molar-refractivity contribution in [3.63, 3.8) is 0 Å². The Hall–Kier alpha value is -2.34. The Balaban J connectivity index is 1.64. The molecule has 22 heavy (non-hydrogen) atoms. The van der Waals surface area contributed by atoms with Crippen LogP contribution in [0.2, 0.25) is 0 Å². The Morgan fingerprint density at radius 2 is 2.05 bits per heavy atom. The first-order chi connectivity index (χ1) is 10.6. The molecule has 0 radical (unpaired) electrons. The molecule has 3 aromatic rings. The molecule has 0 unspecified atom stereocenters. The van der Waals surface area contributed by atoms with Gasteiger partial charge in [-0.1, -0.05) is 18.2 Å². The summed E-state index contributed by atoms with van der Waals surface area (Å²) in [5.41, 5.74) is 2.88. The fourth-order valence-corrected chi connectivity index (χ4v) is 2.57. The molecule has 0 fully saturated rings. The monoisotopic (exact) mass is 360 g/mol. The van der Waals surface area contributed by atoms with Gasteiger partial charge >= 0.3 is 5.76 Å². The van der Waals surface area contributed by atoms with Crippen molar-refractivity contribution < 1.29 is 9.21 Å². The van der Waals surface area contributed by atoms with Crippen LogP contribution in [0.25, 0.3) is 11.1 Å². The van der Waals surface area contributed by atoms with E-state index in [0.717, 1.165) is 15.7 Å². The number of oxazole rings is 1. The normalized spacial score (nSPS) is 10.8. The molecule has 2 aromatic carbocycles. The molecule has 0 atom stereocenters. The second-order valence-electron chi connectivity index (χ2n) is 4.87. The lowest BCUT2D eigenvalue weighted by atomic mass is 10.1. The molecule has 0 saturated heterocycles. The van der Waals surface area contributed by atoms with Gasteiger partial charge in [0.25, 0.3) is 0 Å². The summed E-state index contributed by atoms with van der Waals surface area (Å²) in [5.74, 6) is -0.536. The third-order valence-electron chi connectivity index (χ3n) is 3.27. The zero-order valence-electron chi connectivity index (χ0n) is 11.6.